The number of methoxy groups -OCH3 is 1. The predicted octanol–water partition coefficient (Wildman–Crippen LogP) is 3.90. The highest BCUT2D eigenvalue weighted by molar-refractivity contribution is 6.03. The molecule has 0 spiro atoms. The summed E-state index contributed by atoms with van der Waals surface area (Å²) in [6.45, 7) is 0. The zero-order valence-electron chi connectivity index (χ0n) is 14.0. The highest BCUT2D eigenvalue weighted by Gasteiger charge is 2.15. The third-order valence-corrected chi connectivity index (χ3v) is 3.52. The van der Waals surface area contributed by atoms with Gasteiger partial charge in [0.15, 0.2) is 17.5 Å². The Hall–Kier alpha value is -3.62. The SMILES string of the molecule is COc1ccc(NC(=O)c2ccnc(Nc3ccc(F)c(F)c3F)n2)cc1. The molecule has 9 heteroatoms. The molecule has 0 radical (unpaired) electrons. The lowest BCUT2D eigenvalue weighted by molar-refractivity contribution is 0.102. The zero-order chi connectivity index (χ0) is 19.4. The number of nitrogens with zero attached hydrogens (tertiary/aromatic N) is 2. The third-order valence-electron chi connectivity index (χ3n) is 3.52. The number of aromatic nitrogens is 2. The molecule has 3 aromatic rings. The van der Waals surface area contributed by atoms with Crippen molar-refractivity contribution in [2.75, 3.05) is 17.7 Å². The normalized spacial score (nSPS) is 10.4. The van der Waals surface area contributed by atoms with E-state index in [9.17, 15) is 18.0 Å². The van der Waals surface area contributed by atoms with Crippen LogP contribution in [0.3, 0.4) is 0 Å². The van der Waals surface area contributed by atoms with E-state index in [0.29, 0.717) is 11.4 Å². The molecule has 0 fully saturated rings. The number of nitrogens with one attached hydrogen (secondary N) is 2. The second-order valence-corrected chi connectivity index (χ2v) is 5.30. The molecule has 0 saturated carbocycles. The fourth-order valence-corrected chi connectivity index (χ4v) is 2.16. The monoisotopic (exact) mass is 374 g/mol. The maximum Gasteiger partial charge on any atom is 0.274 e. The van der Waals surface area contributed by atoms with Crippen LogP contribution in [-0.4, -0.2) is 23.0 Å². The van der Waals surface area contributed by atoms with Crippen molar-refractivity contribution in [2.24, 2.45) is 0 Å². The second-order valence-electron chi connectivity index (χ2n) is 5.30. The molecule has 0 saturated heterocycles. The van der Waals surface area contributed by atoms with E-state index in [0.717, 1.165) is 12.1 Å². The number of ether oxygens (including phenoxy) is 1. The minimum atomic E-state index is -1.62. The van der Waals surface area contributed by atoms with E-state index in [4.69, 9.17) is 4.74 Å². The average Bonchev–Trinajstić information content (AvgIpc) is 2.69. The van der Waals surface area contributed by atoms with Crippen molar-refractivity contribution in [1.82, 2.24) is 9.97 Å². The number of anilines is 3. The van der Waals surface area contributed by atoms with Crippen LogP contribution >= 0.6 is 0 Å². The van der Waals surface area contributed by atoms with E-state index < -0.39 is 23.4 Å². The van der Waals surface area contributed by atoms with Gasteiger partial charge in [-0.05, 0) is 42.5 Å². The highest BCUT2D eigenvalue weighted by Crippen LogP contribution is 2.22. The van der Waals surface area contributed by atoms with Crippen LogP contribution in [0.2, 0.25) is 0 Å². The Kier molecular flexibility index (Phi) is 5.20. The predicted molar refractivity (Wildman–Crippen MR) is 92.6 cm³/mol. The zero-order valence-corrected chi connectivity index (χ0v) is 14.0. The van der Waals surface area contributed by atoms with Crippen molar-refractivity contribution >= 4 is 23.2 Å². The summed E-state index contributed by atoms with van der Waals surface area (Å²) in [4.78, 5) is 20.1. The molecule has 138 valence electrons. The van der Waals surface area contributed by atoms with E-state index in [1.54, 1.807) is 24.3 Å². The summed E-state index contributed by atoms with van der Waals surface area (Å²) < 4.78 is 45.1. The minimum Gasteiger partial charge on any atom is -0.497 e. The van der Waals surface area contributed by atoms with Crippen molar-refractivity contribution in [2.45, 2.75) is 0 Å². The van der Waals surface area contributed by atoms with Crippen molar-refractivity contribution in [1.29, 1.82) is 0 Å². The van der Waals surface area contributed by atoms with Gasteiger partial charge in [-0.2, -0.15) is 0 Å². The number of benzene rings is 2. The Bertz CT molecular complexity index is 981. The molecule has 0 aliphatic heterocycles. The van der Waals surface area contributed by atoms with E-state index in [1.807, 2.05) is 0 Å². The first-order valence-corrected chi connectivity index (χ1v) is 7.67. The molecule has 1 aromatic heterocycles. The van der Waals surface area contributed by atoms with Crippen LogP contribution in [0.25, 0.3) is 0 Å². The van der Waals surface area contributed by atoms with Crippen molar-refractivity contribution < 1.29 is 22.7 Å². The smallest absolute Gasteiger partial charge is 0.274 e. The summed E-state index contributed by atoms with van der Waals surface area (Å²) >= 11 is 0. The highest BCUT2D eigenvalue weighted by atomic mass is 19.2. The molecule has 0 aliphatic carbocycles. The Balaban J connectivity index is 1.76. The first kappa shape index (κ1) is 18.2. The molecule has 1 amide bonds. The maximum atomic E-state index is 13.7. The summed E-state index contributed by atoms with van der Waals surface area (Å²) in [5.41, 5.74) is 0.147. The largest absolute Gasteiger partial charge is 0.497 e. The van der Waals surface area contributed by atoms with Crippen LogP contribution < -0.4 is 15.4 Å². The van der Waals surface area contributed by atoms with Gasteiger partial charge in [-0.1, -0.05) is 0 Å². The lowest BCUT2D eigenvalue weighted by atomic mass is 10.3. The van der Waals surface area contributed by atoms with Crippen LogP contribution in [0.4, 0.5) is 30.5 Å². The van der Waals surface area contributed by atoms with Gasteiger partial charge in [-0.15, -0.1) is 0 Å². The Morgan fingerprint density at radius 1 is 1.00 bits per heavy atom. The molecule has 2 aromatic carbocycles. The Morgan fingerprint density at radius 3 is 2.44 bits per heavy atom. The molecule has 1 heterocycles. The van der Waals surface area contributed by atoms with Crippen LogP contribution in [-0.2, 0) is 0 Å². The second kappa shape index (κ2) is 7.73. The molecular formula is C18H13F3N4O2. The topological polar surface area (TPSA) is 76.1 Å². The summed E-state index contributed by atoms with van der Waals surface area (Å²) in [5, 5.41) is 5.05. The molecular weight excluding hydrogens is 361 g/mol. The molecule has 3 rings (SSSR count). The van der Waals surface area contributed by atoms with Gasteiger partial charge in [0, 0.05) is 11.9 Å². The quantitative estimate of drug-likeness (QED) is 0.663. The number of rotatable bonds is 5. The summed E-state index contributed by atoms with van der Waals surface area (Å²) in [6.07, 6.45) is 1.27. The summed E-state index contributed by atoms with van der Waals surface area (Å²) in [5.74, 6) is -4.39. The fraction of sp³-hybridized carbons (Fsp3) is 0.0556. The van der Waals surface area contributed by atoms with Gasteiger partial charge in [-0.3, -0.25) is 4.79 Å². The molecule has 0 atom stereocenters. The van der Waals surface area contributed by atoms with Gasteiger partial charge in [0.05, 0.1) is 12.8 Å². The fourth-order valence-electron chi connectivity index (χ4n) is 2.16. The number of hydrogen-bond acceptors (Lipinski definition) is 5. The van der Waals surface area contributed by atoms with Gasteiger partial charge in [0.25, 0.3) is 5.91 Å². The van der Waals surface area contributed by atoms with Crippen LogP contribution in [0, 0.1) is 17.5 Å². The summed E-state index contributed by atoms with van der Waals surface area (Å²) in [7, 11) is 1.53. The number of carbonyl (C=O) groups excluding carboxylic acids is 1. The van der Waals surface area contributed by atoms with Gasteiger partial charge in [0.2, 0.25) is 5.95 Å². The van der Waals surface area contributed by atoms with Crippen LogP contribution in [0.5, 0.6) is 5.75 Å². The third kappa shape index (κ3) is 4.14. The minimum absolute atomic E-state index is 0.00805. The first-order chi connectivity index (χ1) is 13.0. The molecule has 0 unspecified atom stereocenters. The van der Waals surface area contributed by atoms with E-state index >= 15 is 0 Å². The van der Waals surface area contributed by atoms with Crippen LogP contribution in [0.15, 0.2) is 48.7 Å². The van der Waals surface area contributed by atoms with Gasteiger partial charge in [0.1, 0.15) is 11.4 Å². The number of amides is 1. The molecule has 0 aliphatic rings. The van der Waals surface area contributed by atoms with Crippen LogP contribution in [0.1, 0.15) is 10.5 Å². The lowest BCUT2D eigenvalue weighted by Crippen LogP contribution is -2.15. The molecule has 6 nitrogen and oxygen atoms in total. The number of halogens is 3. The number of hydrogen-bond donors (Lipinski definition) is 2. The standard InChI is InChI=1S/C18H13F3N4O2/c1-27-11-4-2-10(3-5-11)23-17(26)14-8-9-22-18(25-14)24-13-7-6-12(19)15(20)16(13)21/h2-9H,1H3,(H,23,26)(H,22,24,25). The van der Waals surface area contributed by atoms with E-state index in [2.05, 4.69) is 20.6 Å². The van der Waals surface area contributed by atoms with Crippen molar-refractivity contribution in [3.63, 3.8) is 0 Å². The Labute approximate surface area is 152 Å². The van der Waals surface area contributed by atoms with Crippen molar-refractivity contribution in [3.05, 3.63) is 71.8 Å². The average molecular weight is 374 g/mol. The van der Waals surface area contributed by atoms with Gasteiger partial charge < -0.3 is 15.4 Å². The Morgan fingerprint density at radius 2 is 1.74 bits per heavy atom. The molecule has 2 N–H and O–H groups in total. The first-order valence-electron chi connectivity index (χ1n) is 7.67. The molecule has 0 bridgehead atoms. The van der Waals surface area contributed by atoms with Gasteiger partial charge >= 0.3 is 0 Å². The van der Waals surface area contributed by atoms with E-state index in [-0.39, 0.29) is 17.3 Å². The molecule has 27 heavy (non-hydrogen) atoms. The van der Waals surface area contributed by atoms with E-state index in [1.165, 1.54) is 19.4 Å². The summed E-state index contributed by atoms with van der Waals surface area (Å²) in [6, 6.07) is 9.76. The number of carbonyl (C=O) groups is 1. The lowest BCUT2D eigenvalue weighted by Gasteiger charge is -2.09. The van der Waals surface area contributed by atoms with Gasteiger partial charge in [-0.25, -0.2) is 23.1 Å². The van der Waals surface area contributed by atoms with Crippen molar-refractivity contribution in [3.8, 4) is 5.75 Å². The maximum absolute atomic E-state index is 13.7.